The van der Waals surface area contributed by atoms with Gasteiger partial charge < -0.3 is 5.32 Å². The quantitative estimate of drug-likeness (QED) is 0.663. The van der Waals surface area contributed by atoms with Crippen LogP contribution in [-0.4, -0.2) is 16.8 Å². The van der Waals surface area contributed by atoms with E-state index < -0.39 is 6.04 Å². The topological polar surface area (TPSA) is 71.1 Å². The summed E-state index contributed by atoms with van der Waals surface area (Å²) in [6.45, 7) is 5.97. The molecule has 140 valence electrons. The number of nitrogens with zero attached hydrogens (tertiary/aromatic N) is 1. The van der Waals surface area contributed by atoms with Gasteiger partial charge in [-0.05, 0) is 36.1 Å². The maximum atomic E-state index is 12.9. The molecule has 0 spiro atoms. The second kappa shape index (κ2) is 8.31. The molecule has 0 saturated heterocycles. The van der Waals surface area contributed by atoms with Gasteiger partial charge in [-0.15, -0.1) is 0 Å². The summed E-state index contributed by atoms with van der Waals surface area (Å²) in [4.78, 5) is 29.7. The van der Waals surface area contributed by atoms with Crippen LogP contribution in [0.4, 0.5) is 5.13 Å². The van der Waals surface area contributed by atoms with Gasteiger partial charge in [0.2, 0.25) is 5.91 Å². The van der Waals surface area contributed by atoms with Gasteiger partial charge in [0.15, 0.2) is 5.13 Å². The number of amides is 2. The van der Waals surface area contributed by atoms with Gasteiger partial charge in [0.1, 0.15) is 6.04 Å². The maximum Gasteiger partial charge on any atom is 0.253 e. The third kappa shape index (κ3) is 4.92. The first kappa shape index (κ1) is 19.0. The molecule has 2 aromatic carbocycles. The van der Waals surface area contributed by atoms with Crippen molar-refractivity contribution in [3.05, 3.63) is 59.7 Å². The van der Waals surface area contributed by atoms with Crippen LogP contribution in [0, 0.1) is 12.8 Å². The Bertz CT molecular complexity index is 950. The van der Waals surface area contributed by atoms with Gasteiger partial charge in [0, 0.05) is 6.42 Å². The van der Waals surface area contributed by atoms with Crippen LogP contribution in [0.15, 0.2) is 48.5 Å². The van der Waals surface area contributed by atoms with Gasteiger partial charge in [-0.1, -0.05) is 61.6 Å². The molecule has 0 radical (unpaired) electrons. The monoisotopic (exact) mass is 381 g/mol. The van der Waals surface area contributed by atoms with Crippen LogP contribution in [-0.2, 0) is 9.59 Å². The average Bonchev–Trinajstić information content (AvgIpc) is 3.01. The SMILES string of the molecule is Cc1ccc2nc(NC(=O)C(NC(=O)CC(C)C)c3ccccc3)sc2c1. The van der Waals surface area contributed by atoms with Crippen LogP contribution < -0.4 is 10.6 Å². The highest BCUT2D eigenvalue weighted by atomic mass is 32.1. The Morgan fingerprint density at radius 2 is 1.85 bits per heavy atom. The van der Waals surface area contributed by atoms with Crippen LogP contribution >= 0.6 is 11.3 Å². The van der Waals surface area contributed by atoms with Gasteiger partial charge >= 0.3 is 0 Å². The molecule has 0 bridgehead atoms. The van der Waals surface area contributed by atoms with Crippen LogP contribution in [0.3, 0.4) is 0 Å². The molecule has 0 saturated carbocycles. The number of thiazole rings is 1. The summed E-state index contributed by atoms with van der Waals surface area (Å²) in [5.74, 6) is -0.222. The summed E-state index contributed by atoms with van der Waals surface area (Å²) < 4.78 is 1.02. The Labute approximate surface area is 162 Å². The molecule has 3 rings (SSSR count). The predicted octanol–water partition coefficient (Wildman–Crippen LogP) is 4.45. The second-order valence-corrected chi connectivity index (χ2v) is 8.02. The molecule has 1 unspecified atom stereocenters. The van der Waals surface area contributed by atoms with Crippen LogP contribution in [0.1, 0.15) is 37.4 Å². The van der Waals surface area contributed by atoms with E-state index in [0.717, 1.165) is 21.3 Å². The van der Waals surface area contributed by atoms with Crippen molar-refractivity contribution in [3.63, 3.8) is 0 Å². The number of nitrogens with one attached hydrogen (secondary N) is 2. The maximum absolute atomic E-state index is 12.9. The van der Waals surface area contributed by atoms with Gasteiger partial charge in [-0.3, -0.25) is 14.9 Å². The van der Waals surface area contributed by atoms with E-state index in [2.05, 4.69) is 15.6 Å². The highest BCUT2D eigenvalue weighted by molar-refractivity contribution is 7.22. The smallest absolute Gasteiger partial charge is 0.253 e. The Hall–Kier alpha value is -2.73. The number of hydrogen-bond acceptors (Lipinski definition) is 4. The number of carbonyl (C=O) groups is 2. The summed E-state index contributed by atoms with van der Waals surface area (Å²) in [6.07, 6.45) is 0.372. The molecule has 0 fully saturated rings. The van der Waals surface area contributed by atoms with Crippen molar-refractivity contribution < 1.29 is 9.59 Å². The molecule has 1 atom stereocenters. The minimum Gasteiger partial charge on any atom is -0.341 e. The molecule has 27 heavy (non-hydrogen) atoms. The van der Waals surface area contributed by atoms with Gasteiger partial charge in [-0.2, -0.15) is 0 Å². The van der Waals surface area contributed by atoms with E-state index in [1.54, 1.807) is 0 Å². The second-order valence-electron chi connectivity index (χ2n) is 6.99. The first-order chi connectivity index (χ1) is 12.9. The fraction of sp³-hybridized carbons (Fsp3) is 0.286. The first-order valence-electron chi connectivity index (χ1n) is 8.94. The van der Waals surface area contributed by atoms with E-state index >= 15 is 0 Å². The fourth-order valence-electron chi connectivity index (χ4n) is 2.80. The summed E-state index contributed by atoms with van der Waals surface area (Å²) in [6, 6.07) is 14.5. The Morgan fingerprint density at radius 3 is 2.56 bits per heavy atom. The van der Waals surface area contributed by atoms with Crippen molar-refractivity contribution >= 4 is 38.5 Å². The molecule has 1 heterocycles. The highest BCUT2D eigenvalue weighted by Crippen LogP contribution is 2.27. The minimum atomic E-state index is -0.758. The predicted molar refractivity (Wildman–Crippen MR) is 110 cm³/mol. The van der Waals surface area contributed by atoms with Crippen molar-refractivity contribution in [1.82, 2.24) is 10.3 Å². The van der Waals surface area contributed by atoms with Crippen molar-refractivity contribution in [1.29, 1.82) is 0 Å². The van der Waals surface area contributed by atoms with Gasteiger partial charge in [0.05, 0.1) is 10.2 Å². The molecule has 1 aromatic heterocycles. The lowest BCUT2D eigenvalue weighted by Crippen LogP contribution is -2.37. The third-order valence-corrected chi connectivity index (χ3v) is 5.00. The van der Waals surface area contributed by atoms with E-state index in [1.807, 2.05) is 69.3 Å². The number of hydrogen-bond donors (Lipinski definition) is 2. The number of benzene rings is 2. The fourth-order valence-corrected chi connectivity index (χ4v) is 3.77. The lowest BCUT2D eigenvalue weighted by atomic mass is 10.0. The number of aryl methyl sites for hydroxylation is 1. The van der Waals surface area contributed by atoms with Gasteiger partial charge in [0.25, 0.3) is 5.91 Å². The van der Waals surface area contributed by atoms with Crippen molar-refractivity contribution in [2.75, 3.05) is 5.32 Å². The summed E-state index contributed by atoms with van der Waals surface area (Å²) >= 11 is 1.43. The standard InChI is InChI=1S/C21H23N3O2S/c1-13(2)11-18(25)23-19(15-7-5-4-6-8-15)20(26)24-21-22-16-10-9-14(3)12-17(16)27-21/h4-10,12-13,19H,11H2,1-3H3,(H,23,25)(H,22,24,26). The molecular formula is C21H23N3O2S. The molecule has 0 aliphatic heterocycles. The molecule has 5 nitrogen and oxygen atoms in total. The molecule has 2 amide bonds. The van der Waals surface area contributed by atoms with Crippen molar-refractivity contribution in [3.8, 4) is 0 Å². The zero-order chi connectivity index (χ0) is 19.4. The molecule has 0 aliphatic carbocycles. The Balaban J connectivity index is 1.81. The summed E-state index contributed by atoms with van der Waals surface area (Å²) in [5, 5.41) is 6.24. The lowest BCUT2D eigenvalue weighted by Gasteiger charge is -2.18. The largest absolute Gasteiger partial charge is 0.341 e. The van der Waals surface area contributed by atoms with E-state index in [0.29, 0.717) is 11.6 Å². The van der Waals surface area contributed by atoms with E-state index in [1.165, 1.54) is 11.3 Å². The number of anilines is 1. The minimum absolute atomic E-state index is 0.145. The van der Waals surface area contributed by atoms with Crippen LogP contribution in [0.5, 0.6) is 0 Å². The Kier molecular flexibility index (Phi) is 5.86. The van der Waals surface area contributed by atoms with Crippen LogP contribution in [0.25, 0.3) is 10.2 Å². The van der Waals surface area contributed by atoms with Crippen LogP contribution in [0.2, 0.25) is 0 Å². The molecular weight excluding hydrogens is 358 g/mol. The molecule has 6 heteroatoms. The third-order valence-electron chi connectivity index (χ3n) is 4.07. The zero-order valence-corrected chi connectivity index (χ0v) is 16.5. The lowest BCUT2D eigenvalue weighted by molar-refractivity contribution is -0.127. The van der Waals surface area contributed by atoms with Crippen molar-refractivity contribution in [2.24, 2.45) is 5.92 Å². The van der Waals surface area contributed by atoms with E-state index in [-0.39, 0.29) is 17.7 Å². The first-order valence-corrected chi connectivity index (χ1v) is 9.76. The normalized spacial score (nSPS) is 12.1. The van der Waals surface area contributed by atoms with Gasteiger partial charge in [-0.25, -0.2) is 4.98 Å². The highest BCUT2D eigenvalue weighted by Gasteiger charge is 2.24. The molecule has 2 N–H and O–H groups in total. The zero-order valence-electron chi connectivity index (χ0n) is 15.7. The number of aromatic nitrogens is 1. The average molecular weight is 382 g/mol. The molecule has 0 aliphatic rings. The summed E-state index contributed by atoms with van der Waals surface area (Å²) in [7, 11) is 0. The van der Waals surface area contributed by atoms with Crippen molar-refractivity contribution in [2.45, 2.75) is 33.2 Å². The molecule has 3 aromatic rings. The number of fused-ring (bicyclic) bond motifs is 1. The number of rotatable bonds is 6. The number of carbonyl (C=O) groups excluding carboxylic acids is 2. The van der Waals surface area contributed by atoms with E-state index in [4.69, 9.17) is 0 Å². The summed E-state index contributed by atoms with van der Waals surface area (Å²) in [5.41, 5.74) is 2.73. The van der Waals surface area contributed by atoms with E-state index in [9.17, 15) is 9.59 Å². The Morgan fingerprint density at radius 1 is 1.11 bits per heavy atom.